The Balaban J connectivity index is 1.85. The van der Waals surface area contributed by atoms with Crippen molar-refractivity contribution in [2.24, 2.45) is 11.8 Å². The lowest BCUT2D eigenvalue weighted by Crippen LogP contribution is -2.43. The molecule has 0 aromatic heterocycles. The largest absolute Gasteiger partial charge is 0.382 e. The molecule has 0 aromatic rings. The van der Waals surface area contributed by atoms with Gasteiger partial charge in [-0.15, -0.1) is 0 Å². The second kappa shape index (κ2) is 5.49. The van der Waals surface area contributed by atoms with Gasteiger partial charge in [-0.2, -0.15) is 0 Å². The van der Waals surface area contributed by atoms with Gasteiger partial charge in [-0.05, 0) is 50.4 Å². The van der Waals surface area contributed by atoms with Crippen LogP contribution in [0.5, 0.6) is 0 Å². The van der Waals surface area contributed by atoms with Gasteiger partial charge < -0.3 is 9.84 Å². The van der Waals surface area contributed by atoms with Crippen LogP contribution in [-0.4, -0.2) is 29.7 Å². The normalized spacial score (nSPS) is 35.8. The molecule has 98 valence electrons. The van der Waals surface area contributed by atoms with E-state index in [1.165, 1.54) is 0 Å². The number of hydrogen-bond acceptors (Lipinski definition) is 3. The summed E-state index contributed by atoms with van der Waals surface area (Å²) in [6.45, 7) is 3.74. The van der Waals surface area contributed by atoms with Crippen LogP contribution in [0.3, 0.4) is 0 Å². The number of hydrogen-bond donors (Lipinski definition) is 1. The molecule has 0 radical (unpaired) electrons. The number of ether oxygens (including phenoxy) is 1. The van der Waals surface area contributed by atoms with Crippen LogP contribution in [0, 0.1) is 11.8 Å². The molecule has 0 unspecified atom stereocenters. The van der Waals surface area contributed by atoms with Crippen LogP contribution in [0.4, 0.5) is 0 Å². The Morgan fingerprint density at radius 3 is 2.41 bits per heavy atom. The fraction of sp³-hybridized carbons (Fsp3) is 0.929. The Hall–Kier alpha value is -0.410. The molecule has 3 nitrogen and oxygen atoms in total. The lowest BCUT2D eigenvalue weighted by molar-refractivity contribution is -0.143. The Morgan fingerprint density at radius 1 is 1.24 bits per heavy atom. The molecule has 3 heteroatoms. The fourth-order valence-electron chi connectivity index (χ4n) is 2.92. The highest BCUT2D eigenvalue weighted by atomic mass is 16.5. The molecule has 0 spiro atoms. The minimum atomic E-state index is -1.01. The maximum Gasteiger partial charge on any atom is 0.164 e. The molecule has 1 saturated carbocycles. The van der Waals surface area contributed by atoms with Crippen LogP contribution in [-0.2, 0) is 9.53 Å². The summed E-state index contributed by atoms with van der Waals surface area (Å²) in [4.78, 5) is 12.2. The summed E-state index contributed by atoms with van der Waals surface area (Å²) in [6.07, 6.45) is 5.78. The average Bonchev–Trinajstić information content (AvgIpc) is 2.34. The van der Waals surface area contributed by atoms with E-state index in [4.69, 9.17) is 4.74 Å². The Bertz CT molecular complexity index is 261. The SMILES string of the molecule is CC1CCC(O)(C(=O)CC2CCOCC2)CC1. The highest BCUT2D eigenvalue weighted by Crippen LogP contribution is 2.34. The van der Waals surface area contributed by atoms with Crippen LogP contribution >= 0.6 is 0 Å². The first-order valence-corrected chi connectivity index (χ1v) is 6.93. The smallest absolute Gasteiger partial charge is 0.164 e. The minimum Gasteiger partial charge on any atom is -0.382 e. The second-order valence-electron chi connectivity index (χ2n) is 5.90. The highest BCUT2D eigenvalue weighted by Gasteiger charge is 2.39. The monoisotopic (exact) mass is 240 g/mol. The van der Waals surface area contributed by atoms with Crippen molar-refractivity contribution in [3.05, 3.63) is 0 Å². The Kier molecular flexibility index (Phi) is 4.21. The molecule has 1 N–H and O–H groups in total. The Labute approximate surface area is 104 Å². The van der Waals surface area contributed by atoms with E-state index in [9.17, 15) is 9.90 Å². The molecule has 1 aliphatic carbocycles. The van der Waals surface area contributed by atoms with E-state index in [1.807, 2.05) is 0 Å². The number of Topliss-reactive ketones (excluding diaryl/α,β-unsaturated/α-hetero) is 1. The van der Waals surface area contributed by atoms with Gasteiger partial charge in [-0.3, -0.25) is 4.79 Å². The van der Waals surface area contributed by atoms with Crippen molar-refractivity contribution in [1.29, 1.82) is 0 Å². The van der Waals surface area contributed by atoms with E-state index >= 15 is 0 Å². The molecule has 2 fully saturated rings. The quantitative estimate of drug-likeness (QED) is 0.823. The zero-order chi connectivity index (χ0) is 12.3. The lowest BCUT2D eigenvalue weighted by Gasteiger charge is -2.35. The summed E-state index contributed by atoms with van der Waals surface area (Å²) < 4.78 is 5.29. The van der Waals surface area contributed by atoms with Gasteiger partial charge in [0, 0.05) is 19.6 Å². The molecule has 2 aliphatic rings. The van der Waals surface area contributed by atoms with Crippen LogP contribution < -0.4 is 0 Å². The van der Waals surface area contributed by atoms with E-state index in [0.717, 1.165) is 38.9 Å². The van der Waals surface area contributed by atoms with Gasteiger partial charge in [-0.1, -0.05) is 6.92 Å². The molecule has 0 bridgehead atoms. The van der Waals surface area contributed by atoms with Crippen molar-refractivity contribution in [2.45, 2.75) is 57.5 Å². The van der Waals surface area contributed by atoms with Crippen molar-refractivity contribution in [3.8, 4) is 0 Å². The number of carbonyl (C=O) groups excluding carboxylic acids is 1. The summed E-state index contributed by atoms with van der Waals surface area (Å²) in [5.74, 6) is 1.17. The van der Waals surface area contributed by atoms with Gasteiger partial charge in [0.25, 0.3) is 0 Å². The van der Waals surface area contributed by atoms with E-state index in [0.29, 0.717) is 31.1 Å². The van der Waals surface area contributed by atoms with E-state index < -0.39 is 5.60 Å². The molecule has 17 heavy (non-hydrogen) atoms. The molecule has 1 saturated heterocycles. The highest BCUT2D eigenvalue weighted by molar-refractivity contribution is 5.87. The lowest BCUT2D eigenvalue weighted by atomic mass is 9.75. The van der Waals surface area contributed by atoms with Gasteiger partial charge in [0.2, 0.25) is 0 Å². The van der Waals surface area contributed by atoms with E-state index in [2.05, 4.69) is 6.92 Å². The number of ketones is 1. The molecule has 0 atom stereocenters. The predicted molar refractivity (Wildman–Crippen MR) is 65.7 cm³/mol. The summed E-state index contributed by atoms with van der Waals surface area (Å²) in [7, 11) is 0. The summed E-state index contributed by atoms with van der Waals surface area (Å²) in [5, 5.41) is 10.4. The van der Waals surface area contributed by atoms with Gasteiger partial charge >= 0.3 is 0 Å². The van der Waals surface area contributed by atoms with Crippen molar-refractivity contribution in [3.63, 3.8) is 0 Å². The average molecular weight is 240 g/mol. The first kappa shape index (κ1) is 13.0. The first-order chi connectivity index (χ1) is 8.10. The summed E-state index contributed by atoms with van der Waals surface area (Å²) in [5.41, 5.74) is -1.01. The van der Waals surface area contributed by atoms with E-state index in [1.54, 1.807) is 0 Å². The van der Waals surface area contributed by atoms with Gasteiger partial charge in [0.1, 0.15) is 5.60 Å². The molecule has 0 amide bonds. The standard InChI is InChI=1S/C14H24O3/c1-11-2-6-14(16,7-3-11)13(15)10-12-4-8-17-9-5-12/h11-12,16H,2-10H2,1H3. The van der Waals surface area contributed by atoms with Gasteiger partial charge in [-0.25, -0.2) is 0 Å². The molecular weight excluding hydrogens is 216 g/mol. The topological polar surface area (TPSA) is 46.5 Å². The summed E-state index contributed by atoms with van der Waals surface area (Å²) >= 11 is 0. The van der Waals surface area contributed by atoms with Crippen molar-refractivity contribution in [2.75, 3.05) is 13.2 Å². The van der Waals surface area contributed by atoms with Crippen LogP contribution in [0.15, 0.2) is 0 Å². The number of aliphatic hydroxyl groups is 1. The maximum atomic E-state index is 12.2. The maximum absolute atomic E-state index is 12.2. The third kappa shape index (κ3) is 3.29. The van der Waals surface area contributed by atoms with Crippen LogP contribution in [0.1, 0.15) is 51.9 Å². The third-order valence-electron chi connectivity index (χ3n) is 4.44. The van der Waals surface area contributed by atoms with Gasteiger partial charge in [0.05, 0.1) is 0 Å². The molecule has 0 aromatic carbocycles. The fourth-order valence-corrected chi connectivity index (χ4v) is 2.92. The first-order valence-electron chi connectivity index (χ1n) is 6.93. The number of carbonyl (C=O) groups is 1. The van der Waals surface area contributed by atoms with Crippen molar-refractivity contribution >= 4 is 5.78 Å². The predicted octanol–water partition coefficient (Wildman–Crippen LogP) is 2.31. The molecule has 2 rings (SSSR count). The van der Waals surface area contributed by atoms with Crippen LogP contribution in [0.25, 0.3) is 0 Å². The van der Waals surface area contributed by atoms with E-state index in [-0.39, 0.29) is 5.78 Å². The minimum absolute atomic E-state index is 0.0799. The van der Waals surface area contributed by atoms with Crippen LogP contribution in [0.2, 0.25) is 0 Å². The summed E-state index contributed by atoms with van der Waals surface area (Å²) in [6, 6.07) is 0. The third-order valence-corrected chi connectivity index (χ3v) is 4.44. The molecule has 1 heterocycles. The van der Waals surface area contributed by atoms with Gasteiger partial charge in [0.15, 0.2) is 5.78 Å². The number of rotatable bonds is 3. The molecule has 1 aliphatic heterocycles. The van der Waals surface area contributed by atoms with Crippen molar-refractivity contribution < 1.29 is 14.6 Å². The second-order valence-corrected chi connectivity index (χ2v) is 5.90. The molecular formula is C14H24O3. The zero-order valence-electron chi connectivity index (χ0n) is 10.8. The zero-order valence-corrected chi connectivity index (χ0v) is 10.8. The van der Waals surface area contributed by atoms with Crippen molar-refractivity contribution in [1.82, 2.24) is 0 Å². The Morgan fingerprint density at radius 2 is 1.82 bits per heavy atom.